The molecule has 7 nitrogen and oxygen atoms in total. The van der Waals surface area contributed by atoms with Crippen molar-refractivity contribution in [3.8, 4) is 0 Å². The van der Waals surface area contributed by atoms with Crippen LogP contribution in [0, 0.1) is 6.92 Å². The molecule has 0 saturated carbocycles. The van der Waals surface area contributed by atoms with Crippen molar-refractivity contribution >= 4 is 27.4 Å². The normalized spacial score (nSPS) is 14.6. The standard InChI is InChI=1S/C20H21F3N2O4S.H3N/c1-13-5-7-15(12-16(13)19(26)27)30(28,29)24-17-11-14(20(21,22)23)6-8-18(17)25-9-3-2-4-10-25;/h5-8,11-12,24H,2-4,9-10H2,1H3,(H,26,27);1H3. The fraction of sp³-hybridized carbons (Fsp3) is 0.350. The van der Waals surface area contributed by atoms with Crippen LogP contribution in [0.2, 0.25) is 0 Å². The van der Waals surface area contributed by atoms with Gasteiger partial charge in [-0.05, 0) is 62.1 Å². The van der Waals surface area contributed by atoms with Gasteiger partial charge in [-0.2, -0.15) is 13.2 Å². The second kappa shape index (κ2) is 9.15. The third kappa shape index (κ3) is 5.47. The summed E-state index contributed by atoms with van der Waals surface area (Å²) in [6.07, 6.45) is -1.96. The molecule has 0 bridgehead atoms. The summed E-state index contributed by atoms with van der Waals surface area (Å²) < 4.78 is 67.6. The van der Waals surface area contributed by atoms with Crippen molar-refractivity contribution in [2.24, 2.45) is 0 Å². The fourth-order valence-corrected chi connectivity index (χ4v) is 4.49. The van der Waals surface area contributed by atoms with Crippen molar-refractivity contribution < 1.29 is 31.5 Å². The Balaban J connectivity index is 0.00000341. The van der Waals surface area contributed by atoms with Gasteiger partial charge in [0.2, 0.25) is 0 Å². The maximum atomic E-state index is 13.2. The van der Waals surface area contributed by atoms with Crippen LogP contribution in [-0.4, -0.2) is 27.5 Å². The molecule has 0 spiro atoms. The molecule has 1 aliphatic heterocycles. The predicted molar refractivity (Wildman–Crippen MR) is 110 cm³/mol. The van der Waals surface area contributed by atoms with Gasteiger partial charge in [0.05, 0.1) is 27.8 Å². The molecule has 31 heavy (non-hydrogen) atoms. The van der Waals surface area contributed by atoms with Crippen molar-refractivity contribution in [2.45, 2.75) is 37.3 Å². The van der Waals surface area contributed by atoms with Gasteiger partial charge in [-0.3, -0.25) is 4.72 Å². The number of carbonyl (C=O) groups is 1. The largest absolute Gasteiger partial charge is 0.545 e. The van der Waals surface area contributed by atoms with Crippen LogP contribution in [0.25, 0.3) is 0 Å². The molecule has 5 N–H and O–H groups in total. The number of piperidine rings is 1. The number of aryl methyl sites for hydroxylation is 1. The maximum absolute atomic E-state index is 13.2. The number of hydrogen-bond acceptors (Lipinski definition) is 5. The lowest BCUT2D eigenvalue weighted by Gasteiger charge is -2.31. The number of nitrogens with zero attached hydrogens (tertiary/aromatic N) is 1. The van der Waals surface area contributed by atoms with E-state index in [-0.39, 0.29) is 22.3 Å². The van der Waals surface area contributed by atoms with Crippen LogP contribution in [0.4, 0.5) is 24.5 Å². The van der Waals surface area contributed by atoms with Crippen molar-refractivity contribution in [3.05, 3.63) is 53.1 Å². The first-order valence-electron chi connectivity index (χ1n) is 9.30. The summed E-state index contributed by atoms with van der Waals surface area (Å²) in [4.78, 5) is 12.7. The number of nitrogens with one attached hydrogen (secondary N) is 1. The third-order valence-corrected chi connectivity index (χ3v) is 6.37. The Labute approximate surface area is 178 Å². The zero-order chi connectivity index (χ0) is 22.1. The molecule has 0 aromatic heterocycles. The molecule has 1 saturated heterocycles. The average Bonchev–Trinajstić information content (AvgIpc) is 2.67. The molecular weight excluding hydrogens is 435 g/mol. The fourth-order valence-electron chi connectivity index (χ4n) is 3.40. The smallest absolute Gasteiger partial charge is 0.416 e. The van der Waals surface area contributed by atoms with Gasteiger partial charge in [-0.1, -0.05) is 6.07 Å². The summed E-state index contributed by atoms with van der Waals surface area (Å²) in [7, 11) is -4.34. The van der Waals surface area contributed by atoms with E-state index in [9.17, 15) is 31.5 Å². The zero-order valence-corrected chi connectivity index (χ0v) is 17.9. The van der Waals surface area contributed by atoms with Gasteiger partial charge in [0.15, 0.2) is 0 Å². The van der Waals surface area contributed by atoms with E-state index >= 15 is 0 Å². The summed E-state index contributed by atoms with van der Waals surface area (Å²) in [5.74, 6) is -1.54. The van der Waals surface area contributed by atoms with E-state index in [1.165, 1.54) is 25.1 Å². The first-order chi connectivity index (χ1) is 14.0. The summed E-state index contributed by atoms with van der Waals surface area (Å²) in [6.45, 7) is 2.68. The Morgan fingerprint density at radius 3 is 2.29 bits per heavy atom. The number of carboxylic acid groups (broad SMARTS) is 1. The van der Waals surface area contributed by atoms with Crippen LogP contribution in [0.5, 0.6) is 0 Å². The number of carbonyl (C=O) groups excluding carboxylic acids is 1. The highest BCUT2D eigenvalue weighted by molar-refractivity contribution is 7.92. The van der Waals surface area contributed by atoms with E-state index in [2.05, 4.69) is 4.72 Å². The number of halogens is 3. The molecule has 3 rings (SSSR count). The highest BCUT2D eigenvalue weighted by Crippen LogP contribution is 2.37. The number of hydrogen-bond donors (Lipinski definition) is 2. The van der Waals surface area contributed by atoms with Crippen LogP contribution in [0.1, 0.15) is 40.7 Å². The zero-order valence-electron chi connectivity index (χ0n) is 17.1. The van der Waals surface area contributed by atoms with Gasteiger partial charge < -0.3 is 21.0 Å². The number of anilines is 2. The monoisotopic (exact) mass is 459 g/mol. The lowest BCUT2D eigenvalue weighted by Crippen LogP contribution is -2.30. The highest BCUT2D eigenvalue weighted by atomic mass is 32.2. The molecule has 1 heterocycles. The van der Waals surface area contributed by atoms with Crippen molar-refractivity contribution in [3.63, 3.8) is 0 Å². The third-order valence-electron chi connectivity index (χ3n) is 5.00. The lowest BCUT2D eigenvalue weighted by atomic mass is 10.1. The summed E-state index contributed by atoms with van der Waals surface area (Å²) in [6, 6.07) is 6.36. The quantitative estimate of drug-likeness (QED) is 0.707. The van der Waals surface area contributed by atoms with E-state index in [0.717, 1.165) is 37.5 Å². The van der Waals surface area contributed by atoms with Gasteiger partial charge in [0.1, 0.15) is 0 Å². The Morgan fingerprint density at radius 2 is 1.71 bits per heavy atom. The van der Waals surface area contributed by atoms with E-state index < -0.39 is 27.7 Å². The number of aromatic carboxylic acids is 1. The molecule has 0 aliphatic carbocycles. The number of sulfonamides is 1. The Hall–Kier alpha value is -2.79. The summed E-state index contributed by atoms with van der Waals surface area (Å²) >= 11 is 0. The molecule has 0 radical (unpaired) electrons. The number of rotatable bonds is 5. The SMILES string of the molecule is Cc1ccc(S(=O)(=O)Nc2cc(C(F)(F)F)ccc2N2CCCCC2)cc1C(=O)[O-].[NH4+]. The number of carboxylic acids is 1. The topological polar surface area (TPSA) is 126 Å². The molecule has 0 unspecified atom stereocenters. The van der Waals surface area contributed by atoms with Crippen molar-refractivity contribution in [1.82, 2.24) is 6.15 Å². The second-order valence-electron chi connectivity index (χ2n) is 7.15. The van der Waals surface area contributed by atoms with E-state index in [4.69, 9.17) is 0 Å². The van der Waals surface area contributed by atoms with E-state index in [0.29, 0.717) is 24.3 Å². The Morgan fingerprint density at radius 1 is 1.06 bits per heavy atom. The molecule has 1 fully saturated rings. The van der Waals surface area contributed by atoms with Gasteiger partial charge in [-0.25, -0.2) is 8.42 Å². The van der Waals surface area contributed by atoms with Crippen LogP contribution in [0.3, 0.4) is 0 Å². The van der Waals surface area contributed by atoms with Crippen LogP contribution >= 0.6 is 0 Å². The number of benzene rings is 2. The minimum atomic E-state index is -4.65. The molecular formula is C20H24F3N3O4S. The number of quaternary nitrogens is 1. The summed E-state index contributed by atoms with van der Waals surface area (Å²) in [5.41, 5.74) is -0.846. The van der Waals surface area contributed by atoms with E-state index in [1.54, 1.807) is 0 Å². The average molecular weight is 459 g/mol. The molecule has 0 atom stereocenters. The van der Waals surface area contributed by atoms with Crippen LogP contribution in [0.15, 0.2) is 41.3 Å². The first kappa shape index (κ1) is 24.5. The van der Waals surface area contributed by atoms with Gasteiger partial charge in [0, 0.05) is 18.7 Å². The summed E-state index contributed by atoms with van der Waals surface area (Å²) in [5, 5.41) is 11.2. The second-order valence-corrected chi connectivity index (χ2v) is 8.83. The van der Waals surface area contributed by atoms with Crippen LogP contribution in [-0.2, 0) is 16.2 Å². The highest BCUT2D eigenvalue weighted by Gasteiger charge is 2.32. The molecule has 2 aromatic carbocycles. The molecule has 0 amide bonds. The molecule has 1 aliphatic rings. The minimum absolute atomic E-state index is 0. The molecule has 170 valence electrons. The maximum Gasteiger partial charge on any atom is 0.416 e. The van der Waals surface area contributed by atoms with Crippen LogP contribution < -0.4 is 20.9 Å². The predicted octanol–water partition coefficient (Wildman–Crippen LogP) is 3.54. The Bertz CT molecular complexity index is 1070. The van der Waals surface area contributed by atoms with E-state index in [1.807, 2.05) is 4.90 Å². The van der Waals surface area contributed by atoms with Gasteiger partial charge in [0.25, 0.3) is 10.0 Å². The van der Waals surface area contributed by atoms with Gasteiger partial charge in [-0.15, -0.1) is 0 Å². The van der Waals surface area contributed by atoms with Gasteiger partial charge >= 0.3 is 6.18 Å². The molecule has 2 aromatic rings. The Kier molecular flexibility index (Phi) is 7.22. The minimum Gasteiger partial charge on any atom is -0.545 e. The number of alkyl halides is 3. The van der Waals surface area contributed by atoms with Crippen molar-refractivity contribution in [2.75, 3.05) is 22.7 Å². The molecule has 11 heteroatoms. The first-order valence-corrected chi connectivity index (χ1v) is 10.8. The van der Waals surface area contributed by atoms with Crippen molar-refractivity contribution in [1.29, 1.82) is 0 Å². The lowest BCUT2D eigenvalue weighted by molar-refractivity contribution is -0.255.